The number of carbonyl (C=O) groups is 1. The molecule has 0 aromatic heterocycles. The summed E-state index contributed by atoms with van der Waals surface area (Å²) < 4.78 is 0. The molecule has 3 heteroatoms. The van der Waals surface area contributed by atoms with E-state index in [0.717, 1.165) is 19.3 Å². The van der Waals surface area contributed by atoms with Crippen molar-refractivity contribution in [2.24, 2.45) is 11.8 Å². The largest absolute Gasteiger partial charge is 0.391 e. The first-order valence-electron chi connectivity index (χ1n) is 6.49. The molecule has 0 saturated heterocycles. The molecule has 0 fully saturated rings. The Kier molecular flexibility index (Phi) is 8.26. The molecule has 96 valence electrons. The summed E-state index contributed by atoms with van der Waals surface area (Å²) in [7, 11) is 0. The summed E-state index contributed by atoms with van der Waals surface area (Å²) in [6.07, 6.45) is 3.09. The second kappa shape index (κ2) is 8.57. The van der Waals surface area contributed by atoms with Crippen molar-refractivity contribution in [2.45, 2.75) is 59.5 Å². The number of aliphatic hydroxyl groups is 1. The van der Waals surface area contributed by atoms with Crippen molar-refractivity contribution in [1.29, 1.82) is 0 Å². The molecule has 2 unspecified atom stereocenters. The van der Waals surface area contributed by atoms with Gasteiger partial charge in [-0.2, -0.15) is 0 Å². The number of hydrogen-bond acceptors (Lipinski definition) is 2. The van der Waals surface area contributed by atoms with Gasteiger partial charge in [0, 0.05) is 13.0 Å². The molecular formula is C13H27NO2. The molecule has 0 aliphatic heterocycles. The maximum atomic E-state index is 11.5. The van der Waals surface area contributed by atoms with Crippen molar-refractivity contribution in [3.63, 3.8) is 0 Å². The molecule has 0 rings (SSSR count). The lowest BCUT2D eigenvalue weighted by Gasteiger charge is -2.20. The Morgan fingerprint density at radius 2 is 1.75 bits per heavy atom. The van der Waals surface area contributed by atoms with Crippen LogP contribution in [0.4, 0.5) is 0 Å². The maximum Gasteiger partial charge on any atom is 0.220 e. The minimum absolute atomic E-state index is 0.0550. The molecule has 1 amide bonds. The SMILES string of the molecule is CCC(C)CC(=O)NCC(O)C(CC)CC. The predicted octanol–water partition coefficient (Wildman–Crippen LogP) is 2.34. The summed E-state index contributed by atoms with van der Waals surface area (Å²) in [5.41, 5.74) is 0. The summed E-state index contributed by atoms with van der Waals surface area (Å²) >= 11 is 0. The fourth-order valence-corrected chi connectivity index (χ4v) is 1.75. The molecule has 2 atom stereocenters. The third-order valence-corrected chi connectivity index (χ3v) is 3.33. The fourth-order valence-electron chi connectivity index (χ4n) is 1.75. The van der Waals surface area contributed by atoms with Crippen LogP contribution in [0.5, 0.6) is 0 Å². The van der Waals surface area contributed by atoms with Crippen molar-refractivity contribution in [2.75, 3.05) is 6.54 Å². The van der Waals surface area contributed by atoms with E-state index in [0.29, 0.717) is 24.8 Å². The van der Waals surface area contributed by atoms with Gasteiger partial charge in [-0.15, -0.1) is 0 Å². The van der Waals surface area contributed by atoms with Gasteiger partial charge in [0.05, 0.1) is 6.10 Å². The number of aliphatic hydroxyl groups excluding tert-OH is 1. The molecule has 16 heavy (non-hydrogen) atoms. The lowest BCUT2D eigenvalue weighted by atomic mass is 9.96. The van der Waals surface area contributed by atoms with Gasteiger partial charge >= 0.3 is 0 Å². The Balaban J connectivity index is 3.82. The fraction of sp³-hybridized carbons (Fsp3) is 0.923. The number of rotatable bonds is 8. The first-order valence-corrected chi connectivity index (χ1v) is 6.49. The lowest BCUT2D eigenvalue weighted by Crippen LogP contribution is -2.36. The molecule has 0 aromatic carbocycles. The van der Waals surface area contributed by atoms with E-state index in [-0.39, 0.29) is 5.91 Å². The van der Waals surface area contributed by atoms with Crippen LogP contribution in [0.2, 0.25) is 0 Å². The van der Waals surface area contributed by atoms with Crippen LogP contribution in [-0.4, -0.2) is 23.7 Å². The topological polar surface area (TPSA) is 49.3 Å². The van der Waals surface area contributed by atoms with Gasteiger partial charge in [0.2, 0.25) is 5.91 Å². The van der Waals surface area contributed by atoms with Gasteiger partial charge < -0.3 is 10.4 Å². The first-order chi connectivity index (χ1) is 7.54. The number of nitrogens with one attached hydrogen (secondary N) is 1. The van der Waals surface area contributed by atoms with Gasteiger partial charge in [-0.3, -0.25) is 4.79 Å². The zero-order chi connectivity index (χ0) is 12.6. The summed E-state index contributed by atoms with van der Waals surface area (Å²) in [5.74, 6) is 0.772. The van der Waals surface area contributed by atoms with Crippen molar-refractivity contribution in [3.8, 4) is 0 Å². The van der Waals surface area contributed by atoms with Crippen molar-refractivity contribution in [1.82, 2.24) is 5.32 Å². The zero-order valence-corrected chi connectivity index (χ0v) is 11.1. The highest BCUT2D eigenvalue weighted by Crippen LogP contribution is 2.12. The molecule has 0 bridgehead atoms. The summed E-state index contributed by atoms with van der Waals surface area (Å²) in [5, 5.41) is 12.6. The first kappa shape index (κ1) is 15.4. The Hall–Kier alpha value is -0.570. The standard InChI is InChI=1S/C13H27NO2/c1-5-10(4)8-13(16)14-9-12(15)11(6-2)7-3/h10-12,15H,5-9H2,1-4H3,(H,14,16). The minimum atomic E-state index is -0.407. The van der Waals surface area contributed by atoms with E-state index in [9.17, 15) is 9.90 Å². The van der Waals surface area contributed by atoms with E-state index in [1.807, 2.05) is 0 Å². The molecule has 3 nitrogen and oxygen atoms in total. The van der Waals surface area contributed by atoms with Gasteiger partial charge in [-0.25, -0.2) is 0 Å². The minimum Gasteiger partial charge on any atom is -0.391 e. The van der Waals surface area contributed by atoms with Gasteiger partial charge in [0.15, 0.2) is 0 Å². The van der Waals surface area contributed by atoms with Gasteiger partial charge in [-0.05, 0) is 11.8 Å². The van der Waals surface area contributed by atoms with E-state index in [4.69, 9.17) is 0 Å². The Morgan fingerprint density at radius 3 is 2.19 bits per heavy atom. The van der Waals surface area contributed by atoms with Crippen LogP contribution >= 0.6 is 0 Å². The quantitative estimate of drug-likeness (QED) is 0.671. The van der Waals surface area contributed by atoms with Crippen LogP contribution in [-0.2, 0) is 4.79 Å². The normalized spacial score (nSPS) is 14.9. The summed E-state index contributed by atoms with van der Waals surface area (Å²) in [6.45, 7) is 8.67. The monoisotopic (exact) mass is 229 g/mol. The molecule has 0 aliphatic carbocycles. The second-order valence-electron chi connectivity index (χ2n) is 4.67. The lowest BCUT2D eigenvalue weighted by molar-refractivity contribution is -0.122. The van der Waals surface area contributed by atoms with E-state index in [1.165, 1.54) is 0 Å². The Bertz CT molecular complexity index is 190. The Morgan fingerprint density at radius 1 is 1.19 bits per heavy atom. The van der Waals surface area contributed by atoms with Crippen molar-refractivity contribution < 1.29 is 9.90 Å². The molecule has 0 spiro atoms. The van der Waals surface area contributed by atoms with Crippen LogP contribution in [0.25, 0.3) is 0 Å². The number of hydrogen-bond donors (Lipinski definition) is 2. The van der Waals surface area contributed by atoms with E-state index < -0.39 is 6.10 Å². The highest BCUT2D eigenvalue weighted by Gasteiger charge is 2.16. The van der Waals surface area contributed by atoms with Crippen LogP contribution in [0.1, 0.15) is 53.4 Å². The average Bonchev–Trinajstić information content (AvgIpc) is 2.27. The third kappa shape index (κ3) is 6.11. The Labute approximate surface area is 99.6 Å². The van der Waals surface area contributed by atoms with Crippen LogP contribution < -0.4 is 5.32 Å². The van der Waals surface area contributed by atoms with Crippen LogP contribution in [0.15, 0.2) is 0 Å². The van der Waals surface area contributed by atoms with Crippen molar-refractivity contribution >= 4 is 5.91 Å². The van der Waals surface area contributed by atoms with Crippen LogP contribution in [0, 0.1) is 11.8 Å². The molecular weight excluding hydrogens is 202 g/mol. The smallest absolute Gasteiger partial charge is 0.220 e. The van der Waals surface area contributed by atoms with Crippen molar-refractivity contribution in [3.05, 3.63) is 0 Å². The van der Waals surface area contributed by atoms with Gasteiger partial charge in [0.1, 0.15) is 0 Å². The molecule has 0 radical (unpaired) electrons. The molecule has 0 heterocycles. The molecule has 0 aromatic rings. The number of carbonyl (C=O) groups excluding carboxylic acids is 1. The second-order valence-corrected chi connectivity index (χ2v) is 4.67. The summed E-state index contributed by atoms with van der Waals surface area (Å²) in [4.78, 5) is 11.5. The molecule has 2 N–H and O–H groups in total. The van der Waals surface area contributed by atoms with E-state index in [1.54, 1.807) is 0 Å². The average molecular weight is 229 g/mol. The zero-order valence-electron chi connectivity index (χ0n) is 11.1. The van der Waals surface area contributed by atoms with Crippen LogP contribution in [0.3, 0.4) is 0 Å². The third-order valence-electron chi connectivity index (χ3n) is 3.33. The highest BCUT2D eigenvalue weighted by atomic mass is 16.3. The molecule has 0 saturated carbocycles. The highest BCUT2D eigenvalue weighted by molar-refractivity contribution is 5.76. The molecule has 0 aliphatic rings. The van der Waals surface area contributed by atoms with E-state index >= 15 is 0 Å². The van der Waals surface area contributed by atoms with Gasteiger partial charge in [0.25, 0.3) is 0 Å². The predicted molar refractivity (Wildman–Crippen MR) is 67.2 cm³/mol. The van der Waals surface area contributed by atoms with E-state index in [2.05, 4.69) is 33.0 Å². The van der Waals surface area contributed by atoms with Gasteiger partial charge in [-0.1, -0.05) is 47.0 Å². The maximum absolute atomic E-state index is 11.5. The summed E-state index contributed by atoms with van der Waals surface area (Å²) in [6, 6.07) is 0. The number of amides is 1.